The molecule has 0 bridgehead atoms. The molecule has 0 aliphatic carbocycles. The summed E-state index contributed by atoms with van der Waals surface area (Å²) in [6, 6.07) is 25.4. The van der Waals surface area contributed by atoms with E-state index in [2.05, 4.69) is 65.6 Å². The number of hydrogen-bond donors (Lipinski definition) is 1. The molecule has 0 spiro atoms. The van der Waals surface area contributed by atoms with E-state index < -0.39 is 0 Å². The number of fused-ring (bicyclic) bond motifs is 2. The number of nitrogens with zero attached hydrogens (tertiary/aromatic N) is 1. The first kappa shape index (κ1) is 13.0. The van der Waals surface area contributed by atoms with Crippen LogP contribution in [0.25, 0.3) is 0 Å². The number of nitrogens with two attached hydrogens (primary N) is 1. The fourth-order valence-electron chi connectivity index (χ4n) is 3.18. The normalized spacial score (nSPS) is 13.2. The summed E-state index contributed by atoms with van der Waals surface area (Å²) in [5, 5.41) is 0. The van der Waals surface area contributed by atoms with Gasteiger partial charge in [0.25, 0.3) is 0 Å². The van der Waals surface area contributed by atoms with Crippen molar-refractivity contribution in [2.75, 3.05) is 10.6 Å². The number of rotatable bonds is 1. The SMILES string of the molecule is Nc1ccc(N2c3ccccc3CCc3ccccc32)cc1. The minimum absolute atomic E-state index is 0.792. The minimum Gasteiger partial charge on any atom is -0.399 e. The highest BCUT2D eigenvalue weighted by atomic mass is 15.1. The van der Waals surface area contributed by atoms with Crippen molar-refractivity contribution >= 4 is 22.7 Å². The van der Waals surface area contributed by atoms with Crippen LogP contribution in [0, 0.1) is 0 Å². The van der Waals surface area contributed by atoms with E-state index >= 15 is 0 Å². The van der Waals surface area contributed by atoms with Gasteiger partial charge >= 0.3 is 0 Å². The lowest BCUT2D eigenvalue weighted by molar-refractivity contribution is 0.977. The molecular weight excluding hydrogens is 268 g/mol. The van der Waals surface area contributed by atoms with Gasteiger partial charge in [0.1, 0.15) is 0 Å². The van der Waals surface area contributed by atoms with Crippen molar-refractivity contribution in [3.63, 3.8) is 0 Å². The molecule has 3 aromatic carbocycles. The molecule has 1 aliphatic rings. The summed E-state index contributed by atoms with van der Waals surface area (Å²) in [5.74, 6) is 0. The van der Waals surface area contributed by atoms with E-state index in [1.165, 1.54) is 22.5 Å². The third kappa shape index (κ3) is 2.13. The number of benzene rings is 3. The Morgan fingerprint density at radius 1 is 0.636 bits per heavy atom. The lowest BCUT2D eigenvalue weighted by Gasteiger charge is -2.27. The van der Waals surface area contributed by atoms with Gasteiger partial charge in [0, 0.05) is 22.7 Å². The van der Waals surface area contributed by atoms with Crippen LogP contribution in [0.4, 0.5) is 22.7 Å². The van der Waals surface area contributed by atoms with E-state index in [1.807, 2.05) is 12.1 Å². The summed E-state index contributed by atoms with van der Waals surface area (Å²) in [6.45, 7) is 0. The number of hydrogen-bond acceptors (Lipinski definition) is 2. The van der Waals surface area contributed by atoms with Gasteiger partial charge in [0.05, 0.1) is 0 Å². The van der Waals surface area contributed by atoms with Gasteiger partial charge in [0.2, 0.25) is 0 Å². The van der Waals surface area contributed by atoms with Crippen LogP contribution in [0.5, 0.6) is 0 Å². The van der Waals surface area contributed by atoms with E-state index in [0.717, 1.165) is 24.2 Å². The van der Waals surface area contributed by atoms with Crippen molar-refractivity contribution in [1.82, 2.24) is 0 Å². The van der Waals surface area contributed by atoms with Crippen molar-refractivity contribution in [2.24, 2.45) is 0 Å². The Kier molecular flexibility index (Phi) is 3.08. The molecule has 2 heteroatoms. The Hall–Kier alpha value is -2.74. The Bertz CT molecular complexity index is 758. The molecule has 108 valence electrons. The largest absolute Gasteiger partial charge is 0.399 e. The van der Waals surface area contributed by atoms with E-state index in [-0.39, 0.29) is 0 Å². The van der Waals surface area contributed by atoms with Crippen molar-refractivity contribution in [3.8, 4) is 0 Å². The maximum absolute atomic E-state index is 5.86. The van der Waals surface area contributed by atoms with Crippen molar-refractivity contribution in [1.29, 1.82) is 0 Å². The van der Waals surface area contributed by atoms with E-state index in [4.69, 9.17) is 5.73 Å². The Morgan fingerprint density at radius 2 is 1.14 bits per heavy atom. The molecule has 3 aromatic rings. The molecule has 4 rings (SSSR count). The molecule has 1 heterocycles. The molecule has 0 aromatic heterocycles. The van der Waals surface area contributed by atoms with Crippen LogP contribution < -0.4 is 10.6 Å². The topological polar surface area (TPSA) is 29.3 Å². The minimum atomic E-state index is 0.792. The molecule has 2 N–H and O–H groups in total. The first-order chi connectivity index (χ1) is 10.8. The number of anilines is 4. The first-order valence-corrected chi connectivity index (χ1v) is 7.64. The standard InChI is InChI=1S/C20H18N2/c21-17-11-13-18(14-12-17)22-19-7-3-1-5-15(19)9-10-16-6-2-4-8-20(16)22/h1-8,11-14H,9-10,21H2. The van der Waals surface area contributed by atoms with Gasteiger partial charge in [-0.2, -0.15) is 0 Å². The van der Waals surface area contributed by atoms with Crippen LogP contribution in [0.2, 0.25) is 0 Å². The Labute approximate surface area is 130 Å². The lowest BCUT2D eigenvalue weighted by Crippen LogP contribution is -2.11. The highest BCUT2D eigenvalue weighted by molar-refractivity contribution is 5.81. The van der Waals surface area contributed by atoms with Crippen LogP contribution in [-0.4, -0.2) is 0 Å². The van der Waals surface area contributed by atoms with Crippen LogP contribution in [0.1, 0.15) is 11.1 Å². The van der Waals surface area contributed by atoms with Gasteiger partial charge in [-0.15, -0.1) is 0 Å². The lowest BCUT2D eigenvalue weighted by atomic mass is 10.0. The zero-order valence-electron chi connectivity index (χ0n) is 12.4. The van der Waals surface area contributed by atoms with Crippen LogP contribution in [0.15, 0.2) is 72.8 Å². The smallest absolute Gasteiger partial charge is 0.0493 e. The van der Waals surface area contributed by atoms with Gasteiger partial charge in [0.15, 0.2) is 0 Å². The third-order valence-electron chi connectivity index (χ3n) is 4.28. The number of nitrogen functional groups attached to an aromatic ring is 1. The molecule has 22 heavy (non-hydrogen) atoms. The second-order valence-electron chi connectivity index (χ2n) is 5.68. The van der Waals surface area contributed by atoms with Crippen molar-refractivity contribution < 1.29 is 0 Å². The third-order valence-corrected chi connectivity index (χ3v) is 4.28. The number of aryl methyl sites for hydroxylation is 2. The zero-order valence-corrected chi connectivity index (χ0v) is 12.4. The molecular formula is C20H18N2. The maximum Gasteiger partial charge on any atom is 0.0493 e. The second kappa shape index (κ2) is 5.23. The summed E-state index contributed by atoms with van der Waals surface area (Å²) in [5.41, 5.74) is 13.1. The number of para-hydroxylation sites is 2. The average Bonchev–Trinajstić information content (AvgIpc) is 2.73. The van der Waals surface area contributed by atoms with Gasteiger partial charge in [-0.3, -0.25) is 0 Å². The summed E-state index contributed by atoms with van der Waals surface area (Å²) in [4.78, 5) is 2.34. The van der Waals surface area contributed by atoms with E-state index in [9.17, 15) is 0 Å². The molecule has 0 fully saturated rings. The fraction of sp³-hybridized carbons (Fsp3) is 0.100. The van der Waals surface area contributed by atoms with Crippen LogP contribution in [0.3, 0.4) is 0 Å². The molecule has 0 radical (unpaired) electrons. The predicted octanol–water partition coefficient (Wildman–Crippen LogP) is 4.84. The van der Waals surface area contributed by atoms with Crippen molar-refractivity contribution in [2.45, 2.75) is 12.8 Å². The average molecular weight is 286 g/mol. The van der Waals surface area contributed by atoms with E-state index in [0.29, 0.717) is 0 Å². The van der Waals surface area contributed by atoms with E-state index in [1.54, 1.807) is 0 Å². The fourth-order valence-corrected chi connectivity index (χ4v) is 3.18. The monoisotopic (exact) mass is 286 g/mol. The van der Waals surface area contributed by atoms with Gasteiger partial charge in [-0.05, 0) is 60.4 Å². The molecule has 2 nitrogen and oxygen atoms in total. The summed E-state index contributed by atoms with van der Waals surface area (Å²) >= 11 is 0. The highest BCUT2D eigenvalue weighted by Crippen LogP contribution is 2.41. The van der Waals surface area contributed by atoms with Crippen LogP contribution in [-0.2, 0) is 12.8 Å². The Morgan fingerprint density at radius 3 is 1.68 bits per heavy atom. The molecule has 1 aliphatic heterocycles. The maximum atomic E-state index is 5.86. The quantitative estimate of drug-likeness (QED) is 0.649. The molecule has 0 unspecified atom stereocenters. The Balaban J connectivity index is 1.96. The second-order valence-corrected chi connectivity index (χ2v) is 5.68. The molecule has 0 atom stereocenters. The highest BCUT2D eigenvalue weighted by Gasteiger charge is 2.21. The molecule has 0 amide bonds. The predicted molar refractivity (Wildman–Crippen MR) is 92.9 cm³/mol. The zero-order chi connectivity index (χ0) is 14.9. The summed E-state index contributed by atoms with van der Waals surface area (Å²) < 4.78 is 0. The van der Waals surface area contributed by atoms with Gasteiger partial charge in [-0.25, -0.2) is 0 Å². The van der Waals surface area contributed by atoms with Crippen LogP contribution >= 0.6 is 0 Å². The summed E-state index contributed by atoms with van der Waals surface area (Å²) in [6.07, 6.45) is 2.14. The van der Waals surface area contributed by atoms with Gasteiger partial charge < -0.3 is 10.6 Å². The molecule has 0 saturated heterocycles. The first-order valence-electron chi connectivity index (χ1n) is 7.64. The van der Waals surface area contributed by atoms with Crippen molar-refractivity contribution in [3.05, 3.63) is 83.9 Å². The molecule has 0 saturated carbocycles. The summed E-state index contributed by atoms with van der Waals surface area (Å²) in [7, 11) is 0. The van der Waals surface area contributed by atoms with Gasteiger partial charge in [-0.1, -0.05) is 36.4 Å².